The van der Waals surface area contributed by atoms with E-state index in [0.717, 1.165) is 5.39 Å². The summed E-state index contributed by atoms with van der Waals surface area (Å²) in [7, 11) is 0. The van der Waals surface area contributed by atoms with E-state index in [1.807, 2.05) is 38.1 Å². The number of carbonyl (C=O) groups excluding carboxylic acids is 1. The monoisotopic (exact) mass is 306 g/mol. The lowest BCUT2D eigenvalue weighted by Gasteiger charge is -2.21. The fourth-order valence-corrected chi connectivity index (χ4v) is 2.47. The van der Waals surface area contributed by atoms with Gasteiger partial charge in [0.2, 0.25) is 0 Å². The van der Waals surface area contributed by atoms with Crippen molar-refractivity contribution >= 4 is 28.4 Å². The molecular formula is C16H19ClN2O2. The molecule has 1 unspecified atom stereocenters. The number of aromatic nitrogens is 1. The van der Waals surface area contributed by atoms with Crippen LogP contribution in [0.4, 0.5) is 0 Å². The molecule has 4 nitrogen and oxygen atoms in total. The number of fused-ring (bicyclic) bond motifs is 1. The normalized spacial score (nSPS) is 12.6. The highest BCUT2D eigenvalue weighted by Crippen LogP contribution is 2.22. The summed E-state index contributed by atoms with van der Waals surface area (Å²) in [6.45, 7) is 4.04. The second-order valence-corrected chi connectivity index (χ2v) is 5.75. The number of aliphatic hydroxyl groups is 1. The highest BCUT2D eigenvalue weighted by atomic mass is 35.5. The van der Waals surface area contributed by atoms with Crippen molar-refractivity contribution in [3.63, 3.8) is 0 Å². The smallest absolute Gasteiger partial charge is 0.270 e. The van der Waals surface area contributed by atoms with Crippen molar-refractivity contribution in [1.29, 1.82) is 0 Å². The van der Waals surface area contributed by atoms with Gasteiger partial charge < -0.3 is 10.4 Å². The minimum absolute atomic E-state index is 0.0367. The highest BCUT2D eigenvalue weighted by molar-refractivity contribution is 6.35. The summed E-state index contributed by atoms with van der Waals surface area (Å²) in [4.78, 5) is 16.7. The van der Waals surface area contributed by atoms with E-state index < -0.39 is 0 Å². The molecule has 2 rings (SSSR count). The number of amides is 1. The van der Waals surface area contributed by atoms with Gasteiger partial charge in [0.15, 0.2) is 0 Å². The molecule has 1 aromatic heterocycles. The molecule has 0 saturated heterocycles. The second-order valence-electron chi connectivity index (χ2n) is 5.34. The Labute approximate surface area is 129 Å². The quantitative estimate of drug-likeness (QED) is 0.892. The summed E-state index contributed by atoms with van der Waals surface area (Å²) >= 11 is 6.21. The number of hydrogen-bond acceptors (Lipinski definition) is 3. The van der Waals surface area contributed by atoms with Crippen LogP contribution in [-0.2, 0) is 0 Å². The highest BCUT2D eigenvalue weighted by Gasteiger charge is 2.18. The van der Waals surface area contributed by atoms with Gasteiger partial charge in [-0.05, 0) is 24.5 Å². The Balaban J connectivity index is 2.27. The number of nitrogens with one attached hydrogen (secondary N) is 1. The molecule has 2 aromatic rings. The molecule has 0 aliphatic rings. The van der Waals surface area contributed by atoms with Gasteiger partial charge in [-0.3, -0.25) is 4.79 Å². The van der Waals surface area contributed by atoms with Gasteiger partial charge >= 0.3 is 0 Å². The third-order valence-electron chi connectivity index (χ3n) is 3.46. The number of benzene rings is 1. The van der Waals surface area contributed by atoms with Crippen molar-refractivity contribution in [1.82, 2.24) is 10.3 Å². The van der Waals surface area contributed by atoms with Crippen LogP contribution in [0.2, 0.25) is 5.02 Å². The van der Waals surface area contributed by atoms with Crippen molar-refractivity contribution in [3.05, 3.63) is 41.0 Å². The van der Waals surface area contributed by atoms with E-state index in [2.05, 4.69) is 10.3 Å². The first-order valence-corrected chi connectivity index (χ1v) is 7.37. The standard InChI is InChI=1S/C16H19ClN2O2/c1-10(2)13(7-8-20)19-16(21)15-9-12(17)11-5-3-4-6-14(11)18-15/h3-6,9-10,13,20H,7-8H2,1-2H3,(H,19,21). The van der Waals surface area contributed by atoms with E-state index in [4.69, 9.17) is 16.7 Å². The van der Waals surface area contributed by atoms with E-state index in [9.17, 15) is 4.79 Å². The van der Waals surface area contributed by atoms with Crippen molar-refractivity contribution in [2.75, 3.05) is 6.61 Å². The van der Waals surface area contributed by atoms with Crippen LogP contribution in [-0.4, -0.2) is 28.6 Å². The Kier molecular flexibility index (Phi) is 5.15. The molecule has 1 amide bonds. The molecule has 1 atom stereocenters. The number of rotatable bonds is 5. The second kappa shape index (κ2) is 6.87. The fraction of sp³-hybridized carbons (Fsp3) is 0.375. The Morgan fingerprint density at radius 2 is 2.10 bits per heavy atom. The minimum atomic E-state index is -0.269. The summed E-state index contributed by atoms with van der Waals surface area (Å²) in [6, 6.07) is 8.92. The molecule has 112 valence electrons. The number of pyridine rings is 1. The first-order chi connectivity index (χ1) is 10.0. The van der Waals surface area contributed by atoms with Crippen molar-refractivity contribution in [3.8, 4) is 0 Å². The van der Waals surface area contributed by atoms with E-state index in [0.29, 0.717) is 22.7 Å². The average Bonchev–Trinajstić information content (AvgIpc) is 2.46. The molecule has 0 spiro atoms. The lowest BCUT2D eigenvalue weighted by atomic mass is 10.0. The molecule has 0 aliphatic heterocycles. The zero-order chi connectivity index (χ0) is 15.4. The predicted molar refractivity (Wildman–Crippen MR) is 84.5 cm³/mol. The largest absolute Gasteiger partial charge is 0.396 e. The average molecular weight is 307 g/mol. The molecule has 0 radical (unpaired) electrons. The first kappa shape index (κ1) is 15.7. The number of nitrogens with zero attached hydrogens (tertiary/aromatic N) is 1. The Morgan fingerprint density at radius 3 is 2.76 bits per heavy atom. The van der Waals surface area contributed by atoms with Crippen molar-refractivity contribution in [2.24, 2.45) is 5.92 Å². The SMILES string of the molecule is CC(C)C(CCO)NC(=O)c1cc(Cl)c2ccccc2n1. The van der Waals surface area contributed by atoms with Crippen LogP contribution < -0.4 is 5.32 Å². The number of halogens is 1. The van der Waals surface area contributed by atoms with Crippen LogP contribution in [0, 0.1) is 5.92 Å². The van der Waals surface area contributed by atoms with Gasteiger partial charge in [0.05, 0.1) is 10.5 Å². The van der Waals surface area contributed by atoms with Crippen molar-refractivity contribution in [2.45, 2.75) is 26.3 Å². The van der Waals surface area contributed by atoms with Gasteiger partial charge in [-0.15, -0.1) is 0 Å². The molecule has 2 N–H and O–H groups in total. The number of aliphatic hydroxyl groups excluding tert-OH is 1. The van der Waals surface area contributed by atoms with Crippen LogP contribution >= 0.6 is 11.6 Å². The molecular weight excluding hydrogens is 288 g/mol. The topological polar surface area (TPSA) is 62.2 Å². The third-order valence-corrected chi connectivity index (χ3v) is 3.77. The van der Waals surface area contributed by atoms with Crippen LogP contribution in [0.3, 0.4) is 0 Å². The van der Waals surface area contributed by atoms with Gasteiger partial charge in [-0.2, -0.15) is 0 Å². The van der Waals surface area contributed by atoms with Crippen LogP contribution in [0.5, 0.6) is 0 Å². The van der Waals surface area contributed by atoms with E-state index in [1.54, 1.807) is 6.07 Å². The van der Waals surface area contributed by atoms with Gasteiger partial charge in [0.1, 0.15) is 5.69 Å². The third kappa shape index (κ3) is 3.71. The molecule has 1 aromatic carbocycles. The summed E-state index contributed by atoms with van der Waals surface area (Å²) in [5, 5.41) is 13.3. The lowest BCUT2D eigenvalue weighted by Crippen LogP contribution is -2.39. The molecule has 1 heterocycles. The zero-order valence-corrected chi connectivity index (χ0v) is 12.9. The molecule has 0 saturated carbocycles. The van der Waals surface area contributed by atoms with Crippen LogP contribution in [0.1, 0.15) is 30.8 Å². The van der Waals surface area contributed by atoms with Gasteiger partial charge in [-0.25, -0.2) is 4.98 Å². The van der Waals surface area contributed by atoms with Gasteiger partial charge in [-0.1, -0.05) is 43.6 Å². The molecule has 0 aliphatic carbocycles. The Hall–Kier alpha value is -1.65. The predicted octanol–water partition coefficient (Wildman–Crippen LogP) is 3.03. The van der Waals surface area contributed by atoms with Crippen LogP contribution in [0.25, 0.3) is 10.9 Å². The maximum atomic E-state index is 12.3. The van der Waals surface area contributed by atoms with Crippen LogP contribution in [0.15, 0.2) is 30.3 Å². The van der Waals surface area contributed by atoms with Crippen molar-refractivity contribution < 1.29 is 9.90 Å². The first-order valence-electron chi connectivity index (χ1n) is 7.00. The maximum Gasteiger partial charge on any atom is 0.270 e. The van der Waals surface area contributed by atoms with Gasteiger partial charge in [0, 0.05) is 18.0 Å². The number of carbonyl (C=O) groups is 1. The van der Waals surface area contributed by atoms with E-state index in [-0.39, 0.29) is 24.5 Å². The Morgan fingerprint density at radius 1 is 1.38 bits per heavy atom. The summed E-state index contributed by atoms with van der Waals surface area (Å²) < 4.78 is 0. The minimum Gasteiger partial charge on any atom is -0.396 e. The fourth-order valence-electron chi connectivity index (χ4n) is 2.20. The number of hydrogen-bond donors (Lipinski definition) is 2. The molecule has 5 heteroatoms. The molecule has 21 heavy (non-hydrogen) atoms. The summed E-state index contributed by atoms with van der Waals surface area (Å²) in [5.41, 5.74) is 0.987. The summed E-state index contributed by atoms with van der Waals surface area (Å²) in [6.07, 6.45) is 0.519. The van der Waals surface area contributed by atoms with E-state index in [1.165, 1.54) is 0 Å². The Bertz CT molecular complexity index is 643. The molecule has 0 fully saturated rings. The molecule has 0 bridgehead atoms. The lowest BCUT2D eigenvalue weighted by molar-refractivity contribution is 0.0912. The van der Waals surface area contributed by atoms with Gasteiger partial charge in [0.25, 0.3) is 5.91 Å². The summed E-state index contributed by atoms with van der Waals surface area (Å²) in [5.74, 6) is -0.0353. The number of para-hydroxylation sites is 1. The zero-order valence-electron chi connectivity index (χ0n) is 12.1. The maximum absolute atomic E-state index is 12.3. The van der Waals surface area contributed by atoms with E-state index >= 15 is 0 Å².